The van der Waals surface area contributed by atoms with Crippen molar-refractivity contribution in [1.82, 2.24) is 10.2 Å². The van der Waals surface area contributed by atoms with Crippen molar-refractivity contribution in [3.05, 3.63) is 54.1 Å². The Morgan fingerprint density at radius 1 is 1.06 bits per heavy atom. The standard InChI is InChI=1S/C26H32N4O4/c1-28(25(32)18-29-13-3-4-14-29)21-7-9-22(10-8-21)30-17-19(15-24(30)31)16-27-26(33)20-5-11-23(34-2)12-6-20/h5-12,19H,3-4,13-18H2,1-2H3,(H,27,33). The van der Waals surface area contributed by atoms with Gasteiger partial charge < -0.3 is 19.9 Å². The summed E-state index contributed by atoms with van der Waals surface area (Å²) in [6.45, 7) is 3.38. The van der Waals surface area contributed by atoms with E-state index in [1.165, 1.54) is 0 Å². The molecule has 1 unspecified atom stereocenters. The number of benzene rings is 2. The maximum atomic E-state index is 12.6. The summed E-state index contributed by atoms with van der Waals surface area (Å²) in [6, 6.07) is 14.4. The maximum Gasteiger partial charge on any atom is 0.251 e. The minimum atomic E-state index is -0.167. The lowest BCUT2D eigenvalue weighted by Crippen LogP contribution is -2.37. The highest BCUT2D eigenvalue weighted by atomic mass is 16.5. The number of likely N-dealkylation sites (tertiary alicyclic amines) is 1. The molecule has 3 amide bonds. The second-order valence-corrected chi connectivity index (χ2v) is 8.97. The summed E-state index contributed by atoms with van der Waals surface area (Å²) in [5.41, 5.74) is 2.17. The summed E-state index contributed by atoms with van der Waals surface area (Å²) in [4.78, 5) is 43.2. The molecule has 4 rings (SSSR count). The van der Waals surface area contributed by atoms with Crippen LogP contribution in [0.1, 0.15) is 29.6 Å². The molecule has 2 fully saturated rings. The first-order valence-electron chi connectivity index (χ1n) is 11.8. The number of likely N-dealkylation sites (N-methyl/N-ethyl adjacent to an activating group) is 1. The molecular weight excluding hydrogens is 432 g/mol. The molecule has 8 heteroatoms. The summed E-state index contributed by atoms with van der Waals surface area (Å²) in [7, 11) is 3.37. The zero-order valence-electron chi connectivity index (χ0n) is 19.8. The van der Waals surface area contributed by atoms with E-state index in [4.69, 9.17) is 4.74 Å². The van der Waals surface area contributed by atoms with Gasteiger partial charge in [0.25, 0.3) is 5.91 Å². The molecule has 0 bridgehead atoms. The van der Waals surface area contributed by atoms with Crippen LogP contribution in [0.4, 0.5) is 11.4 Å². The van der Waals surface area contributed by atoms with Gasteiger partial charge in [0.05, 0.1) is 13.7 Å². The first kappa shape index (κ1) is 23.8. The monoisotopic (exact) mass is 464 g/mol. The van der Waals surface area contributed by atoms with Gasteiger partial charge in [0.1, 0.15) is 5.75 Å². The molecule has 0 aliphatic carbocycles. The summed E-state index contributed by atoms with van der Waals surface area (Å²) >= 11 is 0. The van der Waals surface area contributed by atoms with Crippen molar-refractivity contribution < 1.29 is 19.1 Å². The third kappa shape index (κ3) is 5.56. The van der Waals surface area contributed by atoms with E-state index < -0.39 is 0 Å². The third-order valence-corrected chi connectivity index (χ3v) is 6.59. The summed E-state index contributed by atoms with van der Waals surface area (Å²) in [5, 5.41) is 2.93. The van der Waals surface area contributed by atoms with Gasteiger partial charge in [0, 0.05) is 49.4 Å². The SMILES string of the molecule is COc1ccc(C(=O)NCC2CC(=O)N(c3ccc(N(C)C(=O)CN4CCCC4)cc3)C2)cc1. The highest BCUT2D eigenvalue weighted by Crippen LogP contribution is 2.27. The number of nitrogens with one attached hydrogen (secondary N) is 1. The Morgan fingerprint density at radius 2 is 1.74 bits per heavy atom. The number of carbonyl (C=O) groups excluding carboxylic acids is 3. The summed E-state index contributed by atoms with van der Waals surface area (Å²) in [6.07, 6.45) is 2.70. The zero-order chi connectivity index (χ0) is 24.1. The molecule has 180 valence electrons. The summed E-state index contributed by atoms with van der Waals surface area (Å²) < 4.78 is 5.12. The fourth-order valence-corrected chi connectivity index (χ4v) is 4.49. The van der Waals surface area contributed by atoms with Crippen LogP contribution < -0.4 is 19.9 Å². The third-order valence-electron chi connectivity index (χ3n) is 6.59. The van der Waals surface area contributed by atoms with Crippen molar-refractivity contribution in [3.8, 4) is 5.75 Å². The van der Waals surface area contributed by atoms with Crippen LogP contribution in [0.25, 0.3) is 0 Å². The number of nitrogens with zero attached hydrogens (tertiary/aromatic N) is 3. The molecule has 2 aliphatic rings. The molecule has 2 saturated heterocycles. The molecule has 1 atom stereocenters. The second-order valence-electron chi connectivity index (χ2n) is 8.97. The second kappa shape index (κ2) is 10.7. The zero-order valence-corrected chi connectivity index (χ0v) is 19.8. The van der Waals surface area contributed by atoms with Crippen molar-refractivity contribution in [2.45, 2.75) is 19.3 Å². The molecule has 34 heavy (non-hydrogen) atoms. The van der Waals surface area contributed by atoms with Gasteiger partial charge in [-0.3, -0.25) is 19.3 Å². The molecule has 8 nitrogen and oxygen atoms in total. The van der Waals surface area contributed by atoms with Crippen molar-refractivity contribution >= 4 is 29.1 Å². The molecule has 0 spiro atoms. The van der Waals surface area contributed by atoms with E-state index in [0.717, 1.165) is 37.3 Å². The van der Waals surface area contributed by atoms with Gasteiger partial charge in [-0.25, -0.2) is 0 Å². The van der Waals surface area contributed by atoms with Crippen LogP contribution in [0, 0.1) is 5.92 Å². The first-order valence-corrected chi connectivity index (χ1v) is 11.8. The van der Waals surface area contributed by atoms with E-state index in [0.29, 0.717) is 37.4 Å². The van der Waals surface area contributed by atoms with Gasteiger partial charge >= 0.3 is 0 Å². The van der Waals surface area contributed by atoms with Gasteiger partial charge in [-0.2, -0.15) is 0 Å². The molecule has 0 radical (unpaired) electrons. The molecule has 2 heterocycles. The number of hydrogen-bond acceptors (Lipinski definition) is 5. The lowest BCUT2D eigenvalue weighted by molar-refractivity contribution is -0.119. The number of hydrogen-bond donors (Lipinski definition) is 1. The Morgan fingerprint density at radius 3 is 2.38 bits per heavy atom. The molecule has 0 saturated carbocycles. The van der Waals surface area contributed by atoms with E-state index in [1.54, 1.807) is 48.2 Å². The lowest BCUT2D eigenvalue weighted by Gasteiger charge is -2.22. The largest absolute Gasteiger partial charge is 0.497 e. The Kier molecular flexibility index (Phi) is 7.47. The maximum absolute atomic E-state index is 12.6. The van der Waals surface area contributed by atoms with Crippen LogP contribution in [0.2, 0.25) is 0 Å². The molecule has 2 aromatic rings. The quantitative estimate of drug-likeness (QED) is 0.649. The fraction of sp³-hybridized carbons (Fsp3) is 0.423. The summed E-state index contributed by atoms with van der Waals surface area (Å²) in [5.74, 6) is 0.676. The fourth-order valence-electron chi connectivity index (χ4n) is 4.49. The normalized spacial score (nSPS) is 18.2. The van der Waals surface area contributed by atoms with Crippen LogP contribution in [0.3, 0.4) is 0 Å². The van der Waals surface area contributed by atoms with E-state index in [1.807, 2.05) is 24.3 Å². The molecular formula is C26H32N4O4. The Hall–Kier alpha value is -3.39. The van der Waals surface area contributed by atoms with Gasteiger partial charge in [-0.05, 0) is 74.5 Å². The molecule has 2 aromatic carbocycles. The lowest BCUT2D eigenvalue weighted by atomic mass is 10.1. The van der Waals surface area contributed by atoms with Crippen LogP contribution in [0.15, 0.2) is 48.5 Å². The number of anilines is 2. The molecule has 1 N–H and O–H groups in total. The Balaban J connectivity index is 1.29. The van der Waals surface area contributed by atoms with Crippen LogP contribution >= 0.6 is 0 Å². The molecule has 2 aliphatic heterocycles. The van der Waals surface area contributed by atoms with Crippen molar-refractivity contribution in [2.75, 3.05) is 56.7 Å². The average Bonchev–Trinajstić information content (AvgIpc) is 3.51. The van der Waals surface area contributed by atoms with E-state index in [9.17, 15) is 14.4 Å². The predicted octanol–water partition coefficient (Wildman–Crippen LogP) is 2.54. The van der Waals surface area contributed by atoms with Crippen molar-refractivity contribution in [2.24, 2.45) is 5.92 Å². The number of rotatable bonds is 8. The average molecular weight is 465 g/mol. The van der Waals surface area contributed by atoms with Crippen LogP contribution in [-0.2, 0) is 9.59 Å². The van der Waals surface area contributed by atoms with Gasteiger partial charge in [0.15, 0.2) is 0 Å². The van der Waals surface area contributed by atoms with Gasteiger partial charge in [-0.1, -0.05) is 0 Å². The smallest absolute Gasteiger partial charge is 0.251 e. The highest BCUT2D eigenvalue weighted by molar-refractivity contribution is 5.98. The van der Waals surface area contributed by atoms with Crippen molar-refractivity contribution in [3.63, 3.8) is 0 Å². The van der Waals surface area contributed by atoms with Gasteiger partial charge in [0.2, 0.25) is 11.8 Å². The minimum Gasteiger partial charge on any atom is -0.497 e. The minimum absolute atomic E-state index is 0.0370. The number of ether oxygens (including phenoxy) is 1. The van der Waals surface area contributed by atoms with Gasteiger partial charge in [-0.15, -0.1) is 0 Å². The van der Waals surface area contributed by atoms with E-state index >= 15 is 0 Å². The van der Waals surface area contributed by atoms with E-state index in [2.05, 4.69) is 10.2 Å². The molecule has 0 aromatic heterocycles. The highest BCUT2D eigenvalue weighted by Gasteiger charge is 2.31. The predicted molar refractivity (Wildman–Crippen MR) is 131 cm³/mol. The van der Waals surface area contributed by atoms with Crippen molar-refractivity contribution in [1.29, 1.82) is 0 Å². The van der Waals surface area contributed by atoms with Crippen LogP contribution in [0.5, 0.6) is 5.75 Å². The Bertz CT molecular complexity index is 1020. The Labute approximate surface area is 200 Å². The van der Waals surface area contributed by atoms with E-state index in [-0.39, 0.29) is 23.6 Å². The topological polar surface area (TPSA) is 82.2 Å². The number of amides is 3. The number of methoxy groups -OCH3 is 1. The number of carbonyl (C=O) groups is 3. The first-order chi connectivity index (χ1) is 16.4. The van der Waals surface area contributed by atoms with Crippen LogP contribution in [-0.4, -0.2) is 69.5 Å².